The maximum absolute atomic E-state index is 12.4. The van der Waals surface area contributed by atoms with E-state index in [1.807, 2.05) is 0 Å². The molecule has 0 aliphatic heterocycles. The van der Waals surface area contributed by atoms with E-state index in [1.54, 1.807) is 13.8 Å². The Kier molecular flexibility index (Phi) is 7.27. The van der Waals surface area contributed by atoms with E-state index in [2.05, 4.69) is 4.98 Å². The Labute approximate surface area is 164 Å². The van der Waals surface area contributed by atoms with Crippen molar-refractivity contribution in [2.45, 2.75) is 20.5 Å². The number of carbonyl (C=O) groups is 2. The summed E-state index contributed by atoms with van der Waals surface area (Å²) in [6, 6.07) is 2.30. The standard InChI is InChI=1S/C17H18N2O8S/c1-4-25-14-6-11(12(19(22)23)7-13(14)24-3)16(20)27-8-10-9-28-15(18-10)17(21)26-5-2/h6-7,9H,4-5,8H2,1-3H3. The molecule has 1 aromatic heterocycles. The lowest BCUT2D eigenvalue weighted by Crippen LogP contribution is -2.10. The monoisotopic (exact) mass is 410 g/mol. The molecule has 10 nitrogen and oxygen atoms in total. The zero-order chi connectivity index (χ0) is 20.7. The summed E-state index contributed by atoms with van der Waals surface area (Å²) in [4.78, 5) is 38.6. The molecule has 0 spiro atoms. The maximum Gasteiger partial charge on any atom is 0.367 e. The Morgan fingerprint density at radius 3 is 2.50 bits per heavy atom. The van der Waals surface area contributed by atoms with Gasteiger partial charge in [-0.3, -0.25) is 10.1 Å². The van der Waals surface area contributed by atoms with Crippen LogP contribution in [0.2, 0.25) is 0 Å². The fraction of sp³-hybridized carbons (Fsp3) is 0.353. The van der Waals surface area contributed by atoms with Crippen molar-refractivity contribution in [2.24, 2.45) is 0 Å². The van der Waals surface area contributed by atoms with Gasteiger partial charge in [0.05, 0.1) is 37.0 Å². The zero-order valence-corrected chi connectivity index (χ0v) is 16.2. The lowest BCUT2D eigenvalue weighted by atomic mass is 10.1. The highest BCUT2D eigenvalue weighted by Gasteiger charge is 2.26. The largest absolute Gasteiger partial charge is 0.493 e. The number of methoxy groups -OCH3 is 1. The summed E-state index contributed by atoms with van der Waals surface area (Å²) in [6.07, 6.45) is 0. The van der Waals surface area contributed by atoms with Crippen molar-refractivity contribution in [3.63, 3.8) is 0 Å². The van der Waals surface area contributed by atoms with Gasteiger partial charge in [-0.05, 0) is 13.8 Å². The molecule has 0 saturated carbocycles. The van der Waals surface area contributed by atoms with Gasteiger partial charge < -0.3 is 18.9 Å². The van der Waals surface area contributed by atoms with Crippen LogP contribution in [0.3, 0.4) is 0 Å². The predicted molar refractivity (Wildman–Crippen MR) is 98.0 cm³/mol. The Balaban J connectivity index is 2.20. The molecule has 0 fully saturated rings. The number of hydrogen-bond donors (Lipinski definition) is 0. The first-order valence-electron chi connectivity index (χ1n) is 8.19. The van der Waals surface area contributed by atoms with Crippen molar-refractivity contribution in [3.05, 3.63) is 43.9 Å². The van der Waals surface area contributed by atoms with Crippen LogP contribution in [0, 0.1) is 10.1 Å². The number of hydrogen-bond acceptors (Lipinski definition) is 10. The quantitative estimate of drug-likeness (QED) is 0.348. The second-order valence-electron chi connectivity index (χ2n) is 5.15. The molecule has 0 aliphatic carbocycles. The van der Waals surface area contributed by atoms with E-state index in [0.29, 0.717) is 5.69 Å². The minimum atomic E-state index is -0.930. The van der Waals surface area contributed by atoms with Gasteiger partial charge in [0, 0.05) is 11.4 Å². The van der Waals surface area contributed by atoms with Crippen molar-refractivity contribution in [2.75, 3.05) is 20.3 Å². The van der Waals surface area contributed by atoms with E-state index in [1.165, 1.54) is 18.6 Å². The van der Waals surface area contributed by atoms with Gasteiger partial charge in [-0.2, -0.15) is 0 Å². The fourth-order valence-electron chi connectivity index (χ4n) is 2.17. The first-order valence-corrected chi connectivity index (χ1v) is 9.07. The molecular weight excluding hydrogens is 392 g/mol. The molecular formula is C17H18N2O8S. The zero-order valence-electron chi connectivity index (χ0n) is 15.4. The SMILES string of the molecule is CCOC(=O)c1nc(COC(=O)c2cc(OCC)c(OC)cc2[N+](=O)[O-])cs1. The van der Waals surface area contributed by atoms with Gasteiger partial charge in [-0.25, -0.2) is 14.6 Å². The van der Waals surface area contributed by atoms with Crippen LogP contribution in [0.5, 0.6) is 11.5 Å². The smallest absolute Gasteiger partial charge is 0.367 e. The van der Waals surface area contributed by atoms with E-state index in [4.69, 9.17) is 18.9 Å². The van der Waals surface area contributed by atoms with Crippen molar-refractivity contribution >= 4 is 29.0 Å². The minimum Gasteiger partial charge on any atom is -0.493 e. The lowest BCUT2D eigenvalue weighted by molar-refractivity contribution is -0.385. The Morgan fingerprint density at radius 1 is 1.14 bits per heavy atom. The van der Waals surface area contributed by atoms with Gasteiger partial charge in [0.25, 0.3) is 5.69 Å². The molecule has 0 unspecified atom stereocenters. The summed E-state index contributed by atoms with van der Waals surface area (Å²) < 4.78 is 20.4. The summed E-state index contributed by atoms with van der Waals surface area (Å²) in [5.74, 6) is -1.19. The van der Waals surface area contributed by atoms with E-state index < -0.39 is 22.5 Å². The Bertz CT molecular complexity index is 880. The van der Waals surface area contributed by atoms with Crippen LogP contribution in [-0.2, 0) is 16.1 Å². The molecule has 0 radical (unpaired) electrons. The minimum absolute atomic E-state index is 0.127. The second-order valence-corrected chi connectivity index (χ2v) is 6.01. The number of benzene rings is 1. The van der Waals surface area contributed by atoms with Crippen LogP contribution in [0.15, 0.2) is 17.5 Å². The van der Waals surface area contributed by atoms with Gasteiger partial charge in [0.2, 0.25) is 5.01 Å². The summed E-state index contributed by atoms with van der Waals surface area (Å²) in [6.45, 7) is 3.63. The highest BCUT2D eigenvalue weighted by molar-refractivity contribution is 7.11. The molecule has 0 bridgehead atoms. The number of carbonyl (C=O) groups excluding carboxylic acids is 2. The Hall–Kier alpha value is -3.21. The number of nitro benzene ring substituents is 1. The topological polar surface area (TPSA) is 127 Å². The van der Waals surface area contributed by atoms with Gasteiger partial charge in [0.15, 0.2) is 11.5 Å². The molecule has 0 amide bonds. The third kappa shape index (κ3) is 4.94. The normalized spacial score (nSPS) is 10.2. The molecule has 0 atom stereocenters. The van der Waals surface area contributed by atoms with E-state index in [9.17, 15) is 19.7 Å². The molecule has 28 heavy (non-hydrogen) atoms. The third-order valence-electron chi connectivity index (χ3n) is 3.35. The van der Waals surface area contributed by atoms with Crippen LogP contribution in [-0.4, -0.2) is 42.2 Å². The first-order chi connectivity index (χ1) is 13.4. The van der Waals surface area contributed by atoms with Crippen molar-refractivity contribution < 1.29 is 33.5 Å². The van der Waals surface area contributed by atoms with Crippen LogP contribution in [0.25, 0.3) is 0 Å². The van der Waals surface area contributed by atoms with E-state index in [-0.39, 0.29) is 41.9 Å². The average Bonchev–Trinajstić information content (AvgIpc) is 3.15. The number of nitro groups is 1. The number of esters is 2. The summed E-state index contributed by atoms with van der Waals surface area (Å²) >= 11 is 1.05. The van der Waals surface area contributed by atoms with Gasteiger partial charge in [-0.1, -0.05) is 0 Å². The van der Waals surface area contributed by atoms with Crippen molar-refractivity contribution in [1.29, 1.82) is 0 Å². The first kappa shape index (κ1) is 21.1. The number of nitrogens with zero attached hydrogens (tertiary/aromatic N) is 2. The van der Waals surface area contributed by atoms with E-state index in [0.717, 1.165) is 17.4 Å². The molecule has 11 heteroatoms. The summed E-state index contributed by atoms with van der Waals surface area (Å²) in [5.41, 5.74) is -0.437. The molecule has 0 N–H and O–H groups in total. The summed E-state index contributed by atoms with van der Waals surface area (Å²) in [7, 11) is 1.34. The highest BCUT2D eigenvalue weighted by atomic mass is 32.1. The second kappa shape index (κ2) is 9.65. The molecule has 2 aromatic rings. The van der Waals surface area contributed by atoms with Crippen LogP contribution in [0.1, 0.15) is 39.7 Å². The van der Waals surface area contributed by atoms with Crippen LogP contribution in [0.4, 0.5) is 5.69 Å². The number of ether oxygens (including phenoxy) is 4. The fourth-order valence-corrected chi connectivity index (χ4v) is 2.86. The van der Waals surface area contributed by atoms with Gasteiger partial charge in [0.1, 0.15) is 12.2 Å². The molecule has 0 aliphatic rings. The van der Waals surface area contributed by atoms with Crippen LogP contribution < -0.4 is 9.47 Å². The average molecular weight is 410 g/mol. The predicted octanol–water partition coefficient (Wildman–Crippen LogP) is 2.99. The molecule has 2 rings (SSSR count). The molecule has 0 saturated heterocycles. The highest BCUT2D eigenvalue weighted by Crippen LogP contribution is 2.35. The van der Waals surface area contributed by atoms with Gasteiger partial charge in [-0.15, -0.1) is 11.3 Å². The number of thiazole rings is 1. The maximum atomic E-state index is 12.4. The Morgan fingerprint density at radius 2 is 1.89 bits per heavy atom. The number of rotatable bonds is 9. The van der Waals surface area contributed by atoms with Crippen molar-refractivity contribution in [1.82, 2.24) is 4.98 Å². The van der Waals surface area contributed by atoms with Crippen molar-refractivity contribution in [3.8, 4) is 11.5 Å². The van der Waals surface area contributed by atoms with Gasteiger partial charge >= 0.3 is 11.9 Å². The summed E-state index contributed by atoms with van der Waals surface area (Å²) in [5, 5.41) is 13.0. The number of aromatic nitrogens is 1. The van der Waals surface area contributed by atoms with Crippen LogP contribution >= 0.6 is 11.3 Å². The lowest BCUT2D eigenvalue weighted by Gasteiger charge is -2.11. The third-order valence-corrected chi connectivity index (χ3v) is 4.22. The molecule has 1 aromatic carbocycles. The van der Waals surface area contributed by atoms with E-state index >= 15 is 0 Å². The molecule has 150 valence electrons. The molecule has 1 heterocycles.